The average Bonchev–Trinajstić information content (AvgIpc) is 2.58. The van der Waals surface area contributed by atoms with Gasteiger partial charge < -0.3 is 15.8 Å². The Balaban J connectivity index is 1.84. The molecule has 2 rings (SSSR count). The zero-order valence-corrected chi connectivity index (χ0v) is 13.4. The molecule has 1 amide bonds. The van der Waals surface area contributed by atoms with Crippen LogP contribution in [0.3, 0.4) is 0 Å². The summed E-state index contributed by atoms with van der Waals surface area (Å²) in [5, 5.41) is 2.69. The van der Waals surface area contributed by atoms with E-state index in [1.807, 2.05) is 30.3 Å². The van der Waals surface area contributed by atoms with Crippen LogP contribution in [0, 0.1) is 0 Å². The van der Waals surface area contributed by atoms with E-state index in [4.69, 9.17) is 5.73 Å². The predicted octanol–water partition coefficient (Wildman–Crippen LogP) is 3.33. The van der Waals surface area contributed by atoms with E-state index in [9.17, 15) is 18.0 Å². The molecule has 0 radical (unpaired) electrons. The van der Waals surface area contributed by atoms with Gasteiger partial charge in [0, 0.05) is 19.0 Å². The van der Waals surface area contributed by atoms with Crippen LogP contribution in [0.25, 0.3) is 0 Å². The van der Waals surface area contributed by atoms with Crippen molar-refractivity contribution in [2.24, 2.45) is 5.73 Å². The molecule has 4 nitrogen and oxygen atoms in total. The summed E-state index contributed by atoms with van der Waals surface area (Å²) in [6, 6.07) is 14.7. The maximum absolute atomic E-state index is 12.4. The number of benzene rings is 2. The second kappa shape index (κ2) is 8.53. The number of rotatable bonds is 7. The van der Waals surface area contributed by atoms with Gasteiger partial charge in [-0.3, -0.25) is 4.79 Å². The number of amides is 1. The Bertz CT molecular complexity index is 690. The number of nitrogens with two attached hydrogens (primary N) is 1. The van der Waals surface area contributed by atoms with Gasteiger partial charge in [0.25, 0.3) is 0 Å². The highest BCUT2D eigenvalue weighted by Crippen LogP contribution is 2.26. The quantitative estimate of drug-likeness (QED) is 0.803. The third-order valence-electron chi connectivity index (χ3n) is 3.57. The largest absolute Gasteiger partial charge is 0.573 e. The molecule has 0 bridgehead atoms. The summed E-state index contributed by atoms with van der Waals surface area (Å²) in [7, 11) is 0. The number of alkyl halides is 3. The number of nitrogens with one attached hydrogen (secondary N) is 1. The zero-order chi connectivity index (χ0) is 18.3. The Morgan fingerprint density at radius 2 is 1.72 bits per heavy atom. The molecule has 2 aromatic carbocycles. The zero-order valence-electron chi connectivity index (χ0n) is 13.4. The van der Waals surface area contributed by atoms with Gasteiger partial charge in [-0.1, -0.05) is 48.5 Å². The molecule has 2 aromatic rings. The predicted molar refractivity (Wildman–Crippen MR) is 87.8 cm³/mol. The van der Waals surface area contributed by atoms with E-state index in [1.165, 1.54) is 18.2 Å². The third-order valence-corrected chi connectivity index (χ3v) is 3.57. The normalized spacial score (nSPS) is 12.5. The fourth-order valence-electron chi connectivity index (χ4n) is 2.31. The monoisotopic (exact) mass is 352 g/mol. The van der Waals surface area contributed by atoms with E-state index in [0.29, 0.717) is 5.56 Å². The van der Waals surface area contributed by atoms with Gasteiger partial charge in [0.15, 0.2) is 0 Å². The molecule has 0 fully saturated rings. The van der Waals surface area contributed by atoms with E-state index in [1.54, 1.807) is 6.07 Å². The van der Waals surface area contributed by atoms with Gasteiger partial charge in [0.05, 0.1) is 0 Å². The first-order chi connectivity index (χ1) is 11.8. The molecule has 0 saturated heterocycles. The van der Waals surface area contributed by atoms with E-state index in [0.717, 1.165) is 5.56 Å². The second-order valence-corrected chi connectivity index (χ2v) is 5.48. The summed E-state index contributed by atoms with van der Waals surface area (Å²) in [5.74, 6) is -0.572. The number of aryl methyl sites for hydroxylation is 1. The van der Waals surface area contributed by atoms with Crippen molar-refractivity contribution in [3.8, 4) is 5.75 Å². The minimum absolute atomic E-state index is 0.0414. The highest BCUT2D eigenvalue weighted by molar-refractivity contribution is 5.76. The molecule has 0 aliphatic carbocycles. The molecule has 0 spiro atoms. The molecular formula is C18H19F3N2O2. The molecule has 3 N–H and O–H groups in total. The van der Waals surface area contributed by atoms with Gasteiger partial charge in [-0.15, -0.1) is 13.2 Å². The van der Waals surface area contributed by atoms with E-state index < -0.39 is 6.36 Å². The molecule has 7 heteroatoms. The van der Waals surface area contributed by atoms with Gasteiger partial charge in [0.2, 0.25) is 5.91 Å². The summed E-state index contributed by atoms with van der Waals surface area (Å²) >= 11 is 0. The summed E-state index contributed by atoms with van der Waals surface area (Å²) < 4.78 is 41.1. The van der Waals surface area contributed by atoms with Crippen molar-refractivity contribution in [2.75, 3.05) is 6.54 Å². The van der Waals surface area contributed by atoms with Crippen molar-refractivity contribution >= 4 is 5.91 Å². The first-order valence-electron chi connectivity index (χ1n) is 7.76. The molecule has 0 aromatic heterocycles. The van der Waals surface area contributed by atoms with Crippen LogP contribution >= 0.6 is 0 Å². The lowest BCUT2D eigenvalue weighted by molar-refractivity contribution is -0.274. The topological polar surface area (TPSA) is 64.3 Å². The molecule has 134 valence electrons. The van der Waals surface area contributed by atoms with Gasteiger partial charge in [-0.25, -0.2) is 0 Å². The summed E-state index contributed by atoms with van der Waals surface area (Å²) in [5.41, 5.74) is 7.20. The van der Waals surface area contributed by atoms with Crippen molar-refractivity contribution in [1.82, 2.24) is 5.32 Å². The SMILES string of the molecule is NC(CNC(=O)CCc1ccccc1OC(F)(F)F)c1ccccc1. The number of ether oxygens (including phenoxy) is 1. The third kappa shape index (κ3) is 6.46. The lowest BCUT2D eigenvalue weighted by Gasteiger charge is -2.14. The van der Waals surface area contributed by atoms with E-state index in [-0.39, 0.29) is 37.1 Å². The molecule has 0 aliphatic rings. The molecule has 0 saturated carbocycles. The van der Waals surface area contributed by atoms with Gasteiger partial charge in [-0.05, 0) is 23.6 Å². The first-order valence-corrected chi connectivity index (χ1v) is 7.76. The van der Waals surface area contributed by atoms with Crippen molar-refractivity contribution in [1.29, 1.82) is 0 Å². The standard InChI is InChI=1S/C18H19F3N2O2/c19-18(20,21)25-16-9-5-4-8-14(16)10-11-17(24)23-12-15(22)13-6-2-1-3-7-13/h1-9,15H,10-12,22H2,(H,23,24). The molecule has 1 unspecified atom stereocenters. The lowest BCUT2D eigenvalue weighted by atomic mass is 10.1. The summed E-state index contributed by atoms with van der Waals surface area (Å²) in [4.78, 5) is 11.9. The maximum atomic E-state index is 12.4. The number of hydrogen-bond acceptors (Lipinski definition) is 3. The van der Waals surface area contributed by atoms with Crippen molar-refractivity contribution in [2.45, 2.75) is 25.2 Å². The van der Waals surface area contributed by atoms with E-state index in [2.05, 4.69) is 10.1 Å². The Hall–Kier alpha value is -2.54. The Morgan fingerprint density at radius 3 is 2.40 bits per heavy atom. The Morgan fingerprint density at radius 1 is 1.08 bits per heavy atom. The number of hydrogen-bond donors (Lipinski definition) is 2. The smallest absolute Gasteiger partial charge is 0.406 e. The minimum Gasteiger partial charge on any atom is -0.406 e. The van der Waals surface area contributed by atoms with Gasteiger partial charge in [-0.2, -0.15) is 0 Å². The van der Waals surface area contributed by atoms with Crippen LogP contribution in [0.4, 0.5) is 13.2 Å². The van der Waals surface area contributed by atoms with Crippen molar-refractivity contribution in [3.05, 3.63) is 65.7 Å². The molecule has 25 heavy (non-hydrogen) atoms. The van der Waals surface area contributed by atoms with Crippen LogP contribution < -0.4 is 15.8 Å². The van der Waals surface area contributed by atoms with Crippen molar-refractivity contribution < 1.29 is 22.7 Å². The highest BCUT2D eigenvalue weighted by Gasteiger charge is 2.31. The van der Waals surface area contributed by atoms with Crippen LogP contribution in [0.1, 0.15) is 23.6 Å². The highest BCUT2D eigenvalue weighted by atomic mass is 19.4. The lowest BCUT2D eigenvalue weighted by Crippen LogP contribution is -2.32. The molecular weight excluding hydrogens is 333 g/mol. The average molecular weight is 352 g/mol. The van der Waals surface area contributed by atoms with Crippen LogP contribution in [0.2, 0.25) is 0 Å². The Kier molecular flexibility index (Phi) is 6.41. The van der Waals surface area contributed by atoms with Crippen LogP contribution in [-0.4, -0.2) is 18.8 Å². The van der Waals surface area contributed by atoms with Crippen LogP contribution in [0.5, 0.6) is 5.75 Å². The number of halogens is 3. The first kappa shape index (κ1) is 18.8. The van der Waals surface area contributed by atoms with Gasteiger partial charge >= 0.3 is 6.36 Å². The molecule has 1 atom stereocenters. The fourth-order valence-corrected chi connectivity index (χ4v) is 2.31. The Labute approximate surface area is 143 Å². The summed E-state index contributed by atoms with van der Waals surface area (Å²) in [6.45, 7) is 0.254. The number of para-hydroxylation sites is 1. The van der Waals surface area contributed by atoms with Crippen LogP contribution in [0.15, 0.2) is 54.6 Å². The van der Waals surface area contributed by atoms with Crippen molar-refractivity contribution in [3.63, 3.8) is 0 Å². The number of carbonyl (C=O) groups is 1. The van der Waals surface area contributed by atoms with E-state index >= 15 is 0 Å². The second-order valence-electron chi connectivity index (χ2n) is 5.48. The fraction of sp³-hybridized carbons (Fsp3) is 0.278. The number of carbonyl (C=O) groups excluding carboxylic acids is 1. The van der Waals surface area contributed by atoms with Crippen LogP contribution in [-0.2, 0) is 11.2 Å². The van der Waals surface area contributed by atoms with Gasteiger partial charge in [0.1, 0.15) is 5.75 Å². The molecule has 0 heterocycles. The minimum atomic E-state index is -4.76. The maximum Gasteiger partial charge on any atom is 0.573 e. The molecule has 0 aliphatic heterocycles. The summed E-state index contributed by atoms with van der Waals surface area (Å²) in [6.07, 6.45) is -4.58.